The van der Waals surface area contributed by atoms with Gasteiger partial charge in [0.1, 0.15) is 0 Å². The monoisotopic (exact) mass is 231 g/mol. The van der Waals surface area contributed by atoms with Crippen molar-refractivity contribution in [1.29, 1.82) is 0 Å². The maximum Gasteiger partial charge on any atom is 0.0931 e. The number of hydrogen-bond acceptors (Lipinski definition) is 3. The van der Waals surface area contributed by atoms with E-state index in [9.17, 15) is 0 Å². The van der Waals surface area contributed by atoms with Crippen LogP contribution in [0, 0.1) is 0 Å². The summed E-state index contributed by atoms with van der Waals surface area (Å²) >= 11 is 0. The van der Waals surface area contributed by atoms with Crippen molar-refractivity contribution < 1.29 is 4.74 Å². The fourth-order valence-electron chi connectivity index (χ4n) is 2.51. The molecule has 2 heterocycles. The molecule has 2 aromatic rings. The van der Waals surface area contributed by atoms with Crippen molar-refractivity contribution >= 4 is 16.7 Å². The van der Waals surface area contributed by atoms with Crippen molar-refractivity contribution in [3.05, 3.63) is 24.5 Å². The molecule has 1 saturated heterocycles. The Morgan fingerprint density at radius 3 is 2.82 bits per heavy atom. The van der Waals surface area contributed by atoms with E-state index in [1.54, 1.807) is 6.33 Å². The van der Waals surface area contributed by atoms with Crippen LogP contribution in [0.3, 0.4) is 0 Å². The lowest BCUT2D eigenvalue weighted by Crippen LogP contribution is -2.45. The smallest absolute Gasteiger partial charge is 0.0931 e. The van der Waals surface area contributed by atoms with Crippen LogP contribution in [-0.2, 0) is 4.74 Å². The molecule has 17 heavy (non-hydrogen) atoms. The second-order valence-corrected chi connectivity index (χ2v) is 4.77. The van der Waals surface area contributed by atoms with E-state index in [4.69, 9.17) is 4.74 Å². The van der Waals surface area contributed by atoms with Crippen molar-refractivity contribution in [3.8, 4) is 0 Å². The number of aromatic amines is 1. The van der Waals surface area contributed by atoms with E-state index < -0.39 is 0 Å². The van der Waals surface area contributed by atoms with E-state index >= 15 is 0 Å². The number of rotatable bonds is 1. The average molecular weight is 231 g/mol. The van der Waals surface area contributed by atoms with Gasteiger partial charge in [0.15, 0.2) is 0 Å². The van der Waals surface area contributed by atoms with Gasteiger partial charge in [-0.2, -0.15) is 0 Å². The molecule has 3 rings (SSSR count). The van der Waals surface area contributed by atoms with Gasteiger partial charge < -0.3 is 14.6 Å². The molecular weight excluding hydrogens is 214 g/mol. The van der Waals surface area contributed by atoms with Gasteiger partial charge in [-0.3, -0.25) is 0 Å². The summed E-state index contributed by atoms with van der Waals surface area (Å²) < 4.78 is 5.75. The lowest BCUT2D eigenvalue weighted by molar-refractivity contribution is -0.00521. The number of hydrogen-bond donors (Lipinski definition) is 1. The molecule has 0 saturated carbocycles. The zero-order valence-corrected chi connectivity index (χ0v) is 10.2. The number of benzene rings is 1. The first-order chi connectivity index (χ1) is 8.22. The predicted molar refractivity (Wildman–Crippen MR) is 68.3 cm³/mol. The van der Waals surface area contributed by atoms with Gasteiger partial charge >= 0.3 is 0 Å². The summed E-state index contributed by atoms with van der Waals surface area (Å²) in [6, 6.07) is 6.35. The zero-order chi connectivity index (χ0) is 11.8. The summed E-state index contributed by atoms with van der Waals surface area (Å²) in [6.45, 7) is 6.14. The number of anilines is 1. The number of aromatic nitrogens is 2. The van der Waals surface area contributed by atoms with Gasteiger partial charge in [-0.1, -0.05) is 0 Å². The van der Waals surface area contributed by atoms with Crippen molar-refractivity contribution in [1.82, 2.24) is 9.97 Å². The van der Waals surface area contributed by atoms with Crippen LogP contribution in [0.5, 0.6) is 0 Å². The molecule has 0 amide bonds. The summed E-state index contributed by atoms with van der Waals surface area (Å²) in [5, 5.41) is 0. The molecule has 0 aliphatic carbocycles. The summed E-state index contributed by atoms with van der Waals surface area (Å²) in [7, 11) is 0. The standard InChI is InChI=1S/C13H17N3O/c1-9-6-16(7-10(2)17-9)11-3-4-12-13(5-11)15-8-14-12/h3-5,8-10H,6-7H2,1-2H3,(H,14,15)/t9-,10+. The first kappa shape index (κ1) is 10.6. The highest BCUT2D eigenvalue weighted by Crippen LogP contribution is 2.23. The lowest BCUT2D eigenvalue weighted by atomic mass is 10.2. The van der Waals surface area contributed by atoms with Crippen LogP contribution in [0.25, 0.3) is 11.0 Å². The van der Waals surface area contributed by atoms with Gasteiger partial charge in [0.2, 0.25) is 0 Å². The van der Waals surface area contributed by atoms with E-state index in [1.165, 1.54) is 5.69 Å². The van der Waals surface area contributed by atoms with Crippen LogP contribution in [-0.4, -0.2) is 35.3 Å². The number of ether oxygens (including phenoxy) is 1. The fourth-order valence-corrected chi connectivity index (χ4v) is 2.51. The molecule has 1 aromatic heterocycles. The van der Waals surface area contributed by atoms with Crippen molar-refractivity contribution in [2.45, 2.75) is 26.1 Å². The molecule has 0 radical (unpaired) electrons. The highest BCUT2D eigenvalue weighted by molar-refractivity contribution is 5.79. The molecule has 1 aliphatic rings. The minimum absolute atomic E-state index is 0.288. The van der Waals surface area contributed by atoms with E-state index in [0.29, 0.717) is 0 Å². The molecule has 1 N–H and O–H groups in total. The van der Waals surface area contributed by atoms with Crippen LogP contribution in [0.15, 0.2) is 24.5 Å². The van der Waals surface area contributed by atoms with Crippen LogP contribution in [0.1, 0.15) is 13.8 Å². The minimum atomic E-state index is 0.288. The second kappa shape index (κ2) is 4.04. The molecular formula is C13H17N3O. The lowest BCUT2D eigenvalue weighted by Gasteiger charge is -2.36. The molecule has 4 nitrogen and oxygen atoms in total. The van der Waals surface area contributed by atoms with Crippen LogP contribution in [0.2, 0.25) is 0 Å². The second-order valence-electron chi connectivity index (χ2n) is 4.77. The Hall–Kier alpha value is -1.55. The third-order valence-corrected chi connectivity index (χ3v) is 3.19. The summed E-state index contributed by atoms with van der Waals surface area (Å²) in [4.78, 5) is 9.76. The number of morpholine rings is 1. The van der Waals surface area contributed by atoms with Crippen molar-refractivity contribution in [2.75, 3.05) is 18.0 Å². The van der Waals surface area contributed by atoms with Crippen LogP contribution >= 0.6 is 0 Å². The van der Waals surface area contributed by atoms with Gasteiger partial charge in [-0.15, -0.1) is 0 Å². The van der Waals surface area contributed by atoms with E-state index in [1.807, 2.05) is 0 Å². The molecule has 4 heteroatoms. The maximum absolute atomic E-state index is 5.75. The van der Waals surface area contributed by atoms with Crippen LogP contribution < -0.4 is 4.90 Å². The minimum Gasteiger partial charge on any atom is -0.372 e. The van der Waals surface area contributed by atoms with Crippen molar-refractivity contribution in [2.24, 2.45) is 0 Å². The summed E-state index contributed by atoms with van der Waals surface area (Å²) in [5.41, 5.74) is 3.35. The molecule has 0 spiro atoms. The molecule has 90 valence electrons. The number of fused-ring (bicyclic) bond motifs is 1. The maximum atomic E-state index is 5.75. The largest absolute Gasteiger partial charge is 0.372 e. The van der Waals surface area contributed by atoms with Gasteiger partial charge in [-0.05, 0) is 32.0 Å². The van der Waals surface area contributed by atoms with E-state index in [2.05, 4.69) is 46.9 Å². The number of imidazole rings is 1. The fraction of sp³-hybridized carbons (Fsp3) is 0.462. The highest BCUT2D eigenvalue weighted by Gasteiger charge is 2.22. The van der Waals surface area contributed by atoms with Gasteiger partial charge in [0.05, 0.1) is 29.6 Å². The summed E-state index contributed by atoms with van der Waals surface area (Å²) in [5.74, 6) is 0. The average Bonchev–Trinajstić information content (AvgIpc) is 2.74. The normalized spacial score (nSPS) is 25.4. The Kier molecular flexibility index (Phi) is 2.52. The highest BCUT2D eigenvalue weighted by atomic mass is 16.5. The summed E-state index contributed by atoms with van der Waals surface area (Å²) in [6.07, 6.45) is 2.31. The number of nitrogens with zero attached hydrogens (tertiary/aromatic N) is 2. The van der Waals surface area contributed by atoms with E-state index in [-0.39, 0.29) is 12.2 Å². The van der Waals surface area contributed by atoms with Crippen LogP contribution in [0.4, 0.5) is 5.69 Å². The molecule has 1 aliphatic heterocycles. The predicted octanol–water partition coefficient (Wildman–Crippen LogP) is 2.18. The molecule has 0 unspecified atom stereocenters. The molecule has 1 fully saturated rings. The van der Waals surface area contributed by atoms with Gasteiger partial charge in [0, 0.05) is 18.8 Å². The Bertz CT molecular complexity index is 512. The Labute approximate surface area is 101 Å². The topological polar surface area (TPSA) is 41.2 Å². The molecule has 2 atom stereocenters. The van der Waals surface area contributed by atoms with Gasteiger partial charge in [0.25, 0.3) is 0 Å². The van der Waals surface area contributed by atoms with Gasteiger partial charge in [-0.25, -0.2) is 4.98 Å². The Morgan fingerprint density at radius 1 is 1.29 bits per heavy atom. The number of nitrogens with one attached hydrogen (secondary N) is 1. The zero-order valence-electron chi connectivity index (χ0n) is 10.2. The van der Waals surface area contributed by atoms with E-state index in [0.717, 1.165) is 24.1 Å². The molecule has 1 aromatic carbocycles. The first-order valence-electron chi connectivity index (χ1n) is 6.06. The van der Waals surface area contributed by atoms with Crippen molar-refractivity contribution in [3.63, 3.8) is 0 Å². The Balaban J connectivity index is 1.91. The third-order valence-electron chi connectivity index (χ3n) is 3.19. The quantitative estimate of drug-likeness (QED) is 0.817. The third kappa shape index (κ3) is 2.00. The Morgan fingerprint density at radius 2 is 2.06 bits per heavy atom. The SMILES string of the molecule is C[C@@H]1CN(c2ccc3nc[nH]c3c2)C[C@H](C)O1. The first-order valence-corrected chi connectivity index (χ1v) is 6.06. The molecule has 0 bridgehead atoms. The number of H-pyrrole nitrogens is 1.